The van der Waals surface area contributed by atoms with Crippen molar-refractivity contribution in [2.24, 2.45) is 0 Å². The number of carbonyl (C=O) groups is 6. The fourth-order valence-electron chi connectivity index (χ4n) is 5.78. The average molecular weight is 662 g/mol. The highest BCUT2D eigenvalue weighted by molar-refractivity contribution is 6.09. The van der Waals surface area contributed by atoms with E-state index >= 15 is 0 Å². The van der Waals surface area contributed by atoms with Gasteiger partial charge in [0.1, 0.15) is 18.1 Å². The highest BCUT2D eigenvalue weighted by Crippen LogP contribution is 2.39. The van der Waals surface area contributed by atoms with Crippen LogP contribution in [0, 0.1) is 11.3 Å². The van der Waals surface area contributed by atoms with Crippen LogP contribution < -0.4 is 10.6 Å². The van der Waals surface area contributed by atoms with Crippen LogP contribution in [0.25, 0.3) is 10.8 Å². The topological polar surface area (TPSA) is 197 Å². The van der Waals surface area contributed by atoms with Gasteiger partial charge in [-0.15, -0.1) is 0 Å². The zero-order valence-electron chi connectivity index (χ0n) is 26.2. The van der Waals surface area contributed by atoms with Gasteiger partial charge in [-0.2, -0.15) is 5.26 Å². The Labute approximate surface area is 280 Å². The van der Waals surface area contributed by atoms with E-state index in [0.717, 1.165) is 10.8 Å². The van der Waals surface area contributed by atoms with Gasteiger partial charge < -0.3 is 25.7 Å². The van der Waals surface area contributed by atoms with Crippen LogP contribution in [-0.4, -0.2) is 68.3 Å². The summed E-state index contributed by atoms with van der Waals surface area (Å²) in [5.41, 5.74) is 0.0271. The van der Waals surface area contributed by atoms with E-state index in [9.17, 15) is 44.2 Å². The lowest BCUT2D eigenvalue weighted by Crippen LogP contribution is -2.52. The first kappa shape index (κ1) is 33.8. The number of imide groups is 1. The monoisotopic (exact) mass is 661 g/mol. The van der Waals surface area contributed by atoms with E-state index in [-0.39, 0.29) is 12.1 Å². The molecule has 4 aromatic rings. The van der Waals surface area contributed by atoms with Crippen molar-refractivity contribution < 1.29 is 39.0 Å². The van der Waals surface area contributed by atoms with E-state index < -0.39 is 66.3 Å². The van der Waals surface area contributed by atoms with Gasteiger partial charge in [0.25, 0.3) is 5.91 Å². The number of nitriles is 1. The molecule has 0 saturated carbocycles. The molecule has 3 atom stereocenters. The normalized spacial score (nSPS) is 16.9. The maximum Gasteiger partial charge on any atom is 0.330 e. The Bertz CT molecular complexity index is 1990. The molecule has 1 heterocycles. The Morgan fingerprint density at radius 1 is 0.857 bits per heavy atom. The van der Waals surface area contributed by atoms with Crippen LogP contribution in [0.4, 0.5) is 4.79 Å². The Hall–Kier alpha value is -6.55. The third kappa shape index (κ3) is 7.08. The van der Waals surface area contributed by atoms with Crippen molar-refractivity contribution in [2.45, 2.75) is 37.5 Å². The summed E-state index contributed by atoms with van der Waals surface area (Å²) < 4.78 is 0. The van der Waals surface area contributed by atoms with Gasteiger partial charge in [0.15, 0.2) is 6.04 Å². The number of fused-ring (bicyclic) bond motifs is 1. The van der Waals surface area contributed by atoms with Crippen molar-refractivity contribution in [3.05, 3.63) is 119 Å². The number of carboxylic acid groups (broad SMARTS) is 2. The number of nitrogens with one attached hydrogen (secondary N) is 2. The second-order valence-corrected chi connectivity index (χ2v) is 11.6. The standard InChI is InChI=1S/C36H31N5O8/c1-36(27-15-12-22(19-37)13-16-27)34(48)40(35(49)41(36)20-23-11-14-24-7-5-6-10-26(24)17-23)21-29(42)38-28(18-30(43)44)32(45)39-31(33(46)47)25-8-3-2-4-9-25/h2-17,28,31H,18,20-21H2,1H3,(H,38,42)(H,39,45)(H,43,44)(H,46,47)/t28-,31-,36?/m0/s1. The van der Waals surface area contributed by atoms with Crippen LogP contribution in [-0.2, 0) is 36.1 Å². The first-order chi connectivity index (χ1) is 23.4. The number of urea groups is 1. The number of amides is 5. The fraction of sp³-hybridized carbons (Fsp3) is 0.194. The van der Waals surface area contributed by atoms with E-state index in [1.807, 2.05) is 48.5 Å². The number of hydrogen-bond acceptors (Lipinski definition) is 7. The van der Waals surface area contributed by atoms with Gasteiger partial charge in [0.2, 0.25) is 11.8 Å². The number of rotatable bonds is 12. The highest BCUT2D eigenvalue weighted by Gasteiger charge is 2.55. The Balaban J connectivity index is 1.40. The van der Waals surface area contributed by atoms with Crippen molar-refractivity contribution in [3.8, 4) is 6.07 Å². The highest BCUT2D eigenvalue weighted by atomic mass is 16.4. The summed E-state index contributed by atoms with van der Waals surface area (Å²) in [4.78, 5) is 80.1. The SMILES string of the molecule is CC1(c2ccc(C#N)cc2)C(=O)N(CC(=O)N[C@@H](CC(=O)O)C(=O)N[C@H](C(=O)O)c2ccccc2)C(=O)N1Cc1ccc2ccccc2c1. The maximum atomic E-state index is 14.1. The number of carboxylic acids is 2. The van der Waals surface area contributed by atoms with Crippen molar-refractivity contribution in [2.75, 3.05) is 6.54 Å². The average Bonchev–Trinajstić information content (AvgIpc) is 3.27. The Kier molecular flexibility index (Phi) is 9.70. The van der Waals surface area contributed by atoms with Crippen molar-refractivity contribution in [3.63, 3.8) is 0 Å². The van der Waals surface area contributed by atoms with Crippen LogP contribution in [0.1, 0.15) is 41.6 Å². The molecule has 5 rings (SSSR count). The third-order valence-electron chi connectivity index (χ3n) is 8.39. The number of carbonyl (C=O) groups excluding carboxylic acids is 4. The van der Waals surface area contributed by atoms with Gasteiger partial charge in [-0.05, 0) is 52.6 Å². The lowest BCUT2D eigenvalue weighted by molar-refractivity contribution is -0.144. The third-order valence-corrected chi connectivity index (χ3v) is 8.39. The van der Waals surface area contributed by atoms with Gasteiger partial charge in [0.05, 0.1) is 18.1 Å². The first-order valence-corrected chi connectivity index (χ1v) is 15.1. The minimum Gasteiger partial charge on any atom is -0.481 e. The summed E-state index contributed by atoms with van der Waals surface area (Å²) in [5, 5.41) is 34.8. The van der Waals surface area contributed by atoms with Crippen molar-refractivity contribution in [1.82, 2.24) is 20.4 Å². The molecule has 1 unspecified atom stereocenters. The molecule has 1 fully saturated rings. The van der Waals surface area contributed by atoms with Crippen LogP contribution in [0.5, 0.6) is 0 Å². The zero-order valence-corrected chi connectivity index (χ0v) is 26.2. The summed E-state index contributed by atoms with van der Waals surface area (Å²) in [6.45, 7) is 0.649. The first-order valence-electron chi connectivity index (χ1n) is 15.1. The molecule has 0 aromatic heterocycles. The predicted molar refractivity (Wildman–Crippen MR) is 174 cm³/mol. The molecule has 0 aliphatic carbocycles. The molecule has 1 aliphatic rings. The lowest BCUT2D eigenvalue weighted by atomic mass is 9.89. The molecular formula is C36H31N5O8. The number of hydrogen-bond donors (Lipinski definition) is 4. The molecule has 5 amide bonds. The molecule has 248 valence electrons. The summed E-state index contributed by atoms with van der Waals surface area (Å²) in [5.74, 6) is -5.75. The van der Waals surface area contributed by atoms with Gasteiger partial charge in [-0.25, -0.2) is 9.59 Å². The number of benzene rings is 4. The van der Waals surface area contributed by atoms with Crippen molar-refractivity contribution >= 4 is 46.5 Å². The predicted octanol–water partition coefficient (Wildman–Crippen LogP) is 3.29. The maximum absolute atomic E-state index is 14.1. The second-order valence-electron chi connectivity index (χ2n) is 11.6. The molecule has 0 radical (unpaired) electrons. The van der Waals surface area contributed by atoms with Crippen LogP contribution in [0.15, 0.2) is 97.1 Å². The van der Waals surface area contributed by atoms with Crippen LogP contribution in [0.2, 0.25) is 0 Å². The minimum atomic E-state index is -1.73. The second kappa shape index (κ2) is 14.1. The summed E-state index contributed by atoms with van der Waals surface area (Å²) in [6, 6.07) is 25.0. The van der Waals surface area contributed by atoms with Gasteiger partial charge >= 0.3 is 18.0 Å². The molecular weight excluding hydrogens is 630 g/mol. The smallest absolute Gasteiger partial charge is 0.330 e. The van der Waals surface area contributed by atoms with Crippen molar-refractivity contribution in [1.29, 1.82) is 5.26 Å². The van der Waals surface area contributed by atoms with E-state index in [1.165, 1.54) is 36.1 Å². The Morgan fingerprint density at radius 2 is 1.51 bits per heavy atom. The van der Waals surface area contributed by atoms with Gasteiger partial charge in [-0.3, -0.25) is 24.1 Å². The molecule has 1 saturated heterocycles. The number of nitrogens with zero attached hydrogens (tertiary/aromatic N) is 3. The summed E-state index contributed by atoms with van der Waals surface area (Å²) in [6.07, 6.45) is -0.905. The molecule has 1 aliphatic heterocycles. The lowest BCUT2D eigenvalue weighted by Gasteiger charge is -2.32. The quantitative estimate of drug-likeness (QED) is 0.165. The molecule has 0 spiro atoms. The fourth-order valence-corrected chi connectivity index (χ4v) is 5.78. The Morgan fingerprint density at radius 3 is 2.14 bits per heavy atom. The van der Waals surface area contributed by atoms with Crippen LogP contribution in [0.3, 0.4) is 0 Å². The molecule has 49 heavy (non-hydrogen) atoms. The van der Waals surface area contributed by atoms with Crippen LogP contribution >= 0.6 is 0 Å². The molecule has 4 aromatic carbocycles. The zero-order chi connectivity index (χ0) is 35.3. The van der Waals surface area contributed by atoms with Gasteiger partial charge in [0, 0.05) is 6.54 Å². The summed E-state index contributed by atoms with van der Waals surface area (Å²) >= 11 is 0. The summed E-state index contributed by atoms with van der Waals surface area (Å²) in [7, 11) is 0. The minimum absolute atomic E-state index is 0.0237. The molecule has 13 heteroatoms. The molecule has 13 nitrogen and oxygen atoms in total. The van der Waals surface area contributed by atoms with E-state index in [0.29, 0.717) is 21.6 Å². The van der Waals surface area contributed by atoms with Gasteiger partial charge in [-0.1, -0.05) is 78.9 Å². The molecule has 0 bridgehead atoms. The van der Waals surface area contributed by atoms with E-state index in [1.54, 1.807) is 30.3 Å². The van der Waals surface area contributed by atoms with E-state index in [4.69, 9.17) is 0 Å². The van der Waals surface area contributed by atoms with E-state index in [2.05, 4.69) is 10.6 Å². The largest absolute Gasteiger partial charge is 0.481 e. The molecule has 4 N–H and O–H groups in total. The number of aliphatic carboxylic acids is 2.